The molecule has 1 unspecified atom stereocenters. The zero-order chi connectivity index (χ0) is 13.2. The van der Waals surface area contributed by atoms with Gasteiger partial charge < -0.3 is 5.32 Å². The van der Waals surface area contributed by atoms with Gasteiger partial charge in [-0.05, 0) is 25.5 Å². The van der Waals surface area contributed by atoms with Gasteiger partial charge in [-0.15, -0.1) is 0 Å². The Labute approximate surface area is 105 Å². The van der Waals surface area contributed by atoms with Crippen LogP contribution in [-0.2, 0) is 14.6 Å². The van der Waals surface area contributed by atoms with Crippen molar-refractivity contribution in [3.8, 4) is 0 Å². The summed E-state index contributed by atoms with van der Waals surface area (Å²) in [4.78, 5) is 15.5. The van der Waals surface area contributed by atoms with E-state index in [1.165, 1.54) is 6.92 Å². The smallest absolute Gasteiger partial charge is 0.242 e. The van der Waals surface area contributed by atoms with Crippen LogP contribution in [-0.4, -0.2) is 30.8 Å². The minimum atomic E-state index is -3.42. The van der Waals surface area contributed by atoms with Crippen LogP contribution in [0.2, 0.25) is 5.15 Å². The number of amides is 1. The molecule has 0 saturated carbocycles. The average Bonchev–Trinajstić information content (AvgIpc) is 2.21. The number of pyridine rings is 1. The number of halogens is 1. The molecule has 1 rings (SSSR count). The highest BCUT2D eigenvalue weighted by molar-refractivity contribution is 7.92. The van der Waals surface area contributed by atoms with Gasteiger partial charge in [0.05, 0.1) is 5.69 Å². The maximum Gasteiger partial charge on any atom is 0.242 e. The lowest BCUT2D eigenvalue weighted by Gasteiger charge is -2.11. The number of aryl methyl sites for hydroxylation is 1. The Bertz CT molecular complexity index is 542. The summed E-state index contributed by atoms with van der Waals surface area (Å²) in [5.74, 6) is -0.623. The van der Waals surface area contributed by atoms with Gasteiger partial charge >= 0.3 is 0 Å². The first-order chi connectivity index (χ1) is 7.71. The van der Waals surface area contributed by atoms with Gasteiger partial charge in [0.15, 0.2) is 15.0 Å². The fourth-order valence-electron chi connectivity index (χ4n) is 1.07. The summed E-state index contributed by atoms with van der Waals surface area (Å²) in [6.45, 7) is 3.11. The molecule has 1 N–H and O–H groups in total. The van der Waals surface area contributed by atoms with Gasteiger partial charge in [-0.1, -0.05) is 11.6 Å². The van der Waals surface area contributed by atoms with Crippen LogP contribution in [0.5, 0.6) is 0 Å². The Morgan fingerprint density at radius 2 is 2.12 bits per heavy atom. The SMILES string of the molecule is Cc1cnc(Cl)c(NC(=O)C(C)S(C)(=O)=O)c1. The Morgan fingerprint density at radius 3 is 2.65 bits per heavy atom. The lowest BCUT2D eigenvalue weighted by Crippen LogP contribution is -2.31. The molecule has 0 aliphatic heterocycles. The normalized spacial score (nSPS) is 13.2. The van der Waals surface area contributed by atoms with E-state index in [1.807, 2.05) is 0 Å². The minimum absolute atomic E-state index is 0.129. The van der Waals surface area contributed by atoms with Crippen molar-refractivity contribution in [2.24, 2.45) is 0 Å². The van der Waals surface area contributed by atoms with E-state index in [1.54, 1.807) is 19.2 Å². The van der Waals surface area contributed by atoms with Crippen LogP contribution in [0.3, 0.4) is 0 Å². The predicted octanol–water partition coefficient (Wildman–Crippen LogP) is 1.42. The summed E-state index contributed by atoms with van der Waals surface area (Å²) in [7, 11) is -3.42. The van der Waals surface area contributed by atoms with Crippen LogP contribution in [0.1, 0.15) is 12.5 Å². The number of aromatic nitrogens is 1. The highest BCUT2D eigenvalue weighted by Crippen LogP contribution is 2.20. The molecule has 1 aromatic rings. The number of anilines is 1. The Hall–Kier alpha value is -1.14. The molecule has 5 nitrogen and oxygen atoms in total. The van der Waals surface area contributed by atoms with E-state index in [-0.39, 0.29) is 5.15 Å². The number of hydrogen-bond acceptors (Lipinski definition) is 4. The highest BCUT2D eigenvalue weighted by atomic mass is 35.5. The highest BCUT2D eigenvalue weighted by Gasteiger charge is 2.24. The summed E-state index contributed by atoms with van der Waals surface area (Å²) in [5, 5.41) is 1.45. The topological polar surface area (TPSA) is 76.1 Å². The maximum absolute atomic E-state index is 11.6. The molecule has 1 atom stereocenters. The average molecular weight is 277 g/mol. The molecule has 0 fully saturated rings. The summed E-state index contributed by atoms with van der Waals surface area (Å²) in [6, 6.07) is 1.63. The Morgan fingerprint density at radius 1 is 1.53 bits per heavy atom. The Balaban J connectivity index is 2.92. The van der Waals surface area contributed by atoms with Gasteiger partial charge in [0.2, 0.25) is 5.91 Å². The first-order valence-corrected chi connectivity index (χ1v) is 7.17. The molecular formula is C10H13ClN2O3S. The number of sulfone groups is 1. The van der Waals surface area contributed by atoms with Crippen LogP contribution in [0.25, 0.3) is 0 Å². The van der Waals surface area contributed by atoms with Gasteiger partial charge in [0.25, 0.3) is 0 Å². The molecular weight excluding hydrogens is 264 g/mol. The summed E-state index contributed by atoms with van der Waals surface area (Å²) >= 11 is 5.78. The van der Waals surface area contributed by atoms with Crippen molar-refractivity contribution in [1.29, 1.82) is 0 Å². The van der Waals surface area contributed by atoms with E-state index in [4.69, 9.17) is 11.6 Å². The van der Waals surface area contributed by atoms with Crippen molar-refractivity contribution in [3.05, 3.63) is 23.0 Å². The second-order valence-electron chi connectivity index (χ2n) is 3.81. The van der Waals surface area contributed by atoms with Crippen LogP contribution >= 0.6 is 11.6 Å². The van der Waals surface area contributed by atoms with Crippen LogP contribution in [0.15, 0.2) is 12.3 Å². The molecule has 17 heavy (non-hydrogen) atoms. The Kier molecular flexibility index (Phi) is 4.11. The first-order valence-electron chi connectivity index (χ1n) is 4.83. The number of hydrogen-bond donors (Lipinski definition) is 1. The molecule has 1 aromatic heterocycles. The van der Waals surface area contributed by atoms with Crippen molar-refractivity contribution in [2.75, 3.05) is 11.6 Å². The van der Waals surface area contributed by atoms with Crippen molar-refractivity contribution < 1.29 is 13.2 Å². The third-order valence-electron chi connectivity index (χ3n) is 2.25. The van der Waals surface area contributed by atoms with Crippen molar-refractivity contribution in [2.45, 2.75) is 19.1 Å². The zero-order valence-corrected chi connectivity index (χ0v) is 11.3. The van der Waals surface area contributed by atoms with E-state index >= 15 is 0 Å². The van der Waals surface area contributed by atoms with Crippen LogP contribution < -0.4 is 5.32 Å². The van der Waals surface area contributed by atoms with Gasteiger partial charge in [-0.25, -0.2) is 13.4 Å². The molecule has 0 saturated heterocycles. The zero-order valence-electron chi connectivity index (χ0n) is 9.69. The monoisotopic (exact) mass is 276 g/mol. The lowest BCUT2D eigenvalue weighted by atomic mass is 10.3. The molecule has 7 heteroatoms. The van der Waals surface area contributed by atoms with E-state index in [2.05, 4.69) is 10.3 Å². The quantitative estimate of drug-likeness (QED) is 0.847. The van der Waals surface area contributed by atoms with Crippen LogP contribution in [0.4, 0.5) is 5.69 Å². The van der Waals surface area contributed by atoms with Crippen molar-refractivity contribution in [3.63, 3.8) is 0 Å². The second kappa shape index (κ2) is 5.01. The fraction of sp³-hybridized carbons (Fsp3) is 0.400. The molecule has 94 valence electrons. The number of carbonyl (C=O) groups is 1. The van der Waals surface area contributed by atoms with E-state index < -0.39 is 21.0 Å². The molecule has 0 aliphatic rings. The van der Waals surface area contributed by atoms with E-state index in [0.717, 1.165) is 11.8 Å². The fourth-order valence-corrected chi connectivity index (χ4v) is 1.67. The van der Waals surface area contributed by atoms with Gasteiger partial charge in [-0.2, -0.15) is 0 Å². The third-order valence-corrected chi connectivity index (χ3v) is 4.04. The van der Waals surface area contributed by atoms with Crippen molar-refractivity contribution >= 4 is 33.0 Å². The van der Waals surface area contributed by atoms with Gasteiger partial charge in [0, 0.05) is 12.5 Å². The summed E-state index contributed by atoms with van der Waals surface area (Å²) in [6.07, 6.45) is 2.56. The lowest BCUT2D eigenvalue weighted by molar-refractivity contribution is -0.115. The van der Waals surface area contributed by atoms with E-state index in [9.17, 15) is 13.2 Å². The molecule has 0 radical (unpaired) electrons. The second-order valence-corrected chi connectivity index (χ2v) is 6.54. The third kappa shape index (κ3) is 3.67. The number of nitrogens with one attached hydrogen (secondary N) is 1. The molecule has 0 aliphatic carbocycles. The van der Waals surface area contributed by atoms with Gasteiger partial charge in [0.1, 0.15) is 5.25 Å². The number of nitrogens with zero attached hydrogens (tertiary/aromatic N) is 1. The van der Waals surface area contributed by atoms with E-state index in [0.29, 0.717) is 5.69 Å². The maximum atomic E-state index is 11.6. The van der Waals surface area contributed by atoms with Crippen molar-refractivity contribution in [1.82, 2.24) is 4.98 Å². The predicted molar refractivity (Wildman–Crippen MR) is 66.9 cm³/mol. The number of carbonyl (C=O) groups excluding carboxylic acids is 1. The molecule has 0 aromatic carbocycles. The molecule has 0 bridgehead atoms. The standard InChI is InChI=1S/C10H13ClN2O3S/c1-6-4-8(9(11)12-5-6)13-10(14)7(2)17(3,15)16/h4-5,7H,1-3H3,(H,13,14). The first kappa shape index (κ1) is 13.9. The van der Waals surface area contributed by atoms with Crippen LogP contribution in [0, 0.1) is 6.92 Å². The van der Waals surface area contributed by atoms with Gasteiger partial charge in [-0.3, -0.25) is 4.79 Å². The summed E-state index contributed by atoms with van der Waals surface area (Å²) < 4.78 is 22.4. The number of rotatable bonds is 3. The molecule has 0 spiro atoms. The summed E-state index contributed by atoms with van der Waals surface area (Å²) in [5.41, 5.74) is 1.13. The molecule has 1 amide bonds. The largest absolute Gasteiger partial charge is 0.322 e. The minimum Gasteiger partial charge on any atom is -0.322 e. The molecule has 1 heterocycles.